The average Bonchev–Trinajstić information content (AvgIpc) is 3.31. The summed E-state index contributed by atoms with van der Waals surface area (Å²) in [7, 11) is 0. The second kappa shape index (κ2) is 12.8. The normalized spacial score (nSPS) is 11.0. The first-order chi connectivity index (χ1) is 18.1. The number of esters is 1. The van der Waals surface area contributed by atoms with Crippen molar-refractivity contribution in [3.8, 4) is 11.5 Å². The van der Waals surface area contributed by atoms with Gasteiger partial charge < -0.3 is 25.1 Å². The molecular weight excluding hydrogens is 468 g/mol. The molecule has 0 aliphatic heterocycles. The molecular formula is C29H34N4O4. The molecule has 0 bridgehead atoms. The third-order valence-corrected chi connectivity index (χ3v) is 5.98. The Kier molecular flexibility index (Phi) is 8.97. The van der Waals surface area contributed by atoms with Gasteiger partial charge >= 0.3 is 12.0 Å². The summed E-state index contributed by atoms with van der Waals surface area (Å²) in [5.74, 6) is 0.322. The van der Waals surface area contributed by atoms with Gasteiger partial charge in [0.05, 0.1) is 12.2 Å². The fourth-order valence-electron chi connectivity index (χ4n) is 4.12. The molecule has 2 amide bonds. The predicted octanol–water partition coefficient (Wildman–Crippen LogP) is 6.71. The first-order valence-electron chi connectivity index (χ1n) is 13.0. The summed E-state index contributed by atoms with van der Waals surface area (Å²) in [5, 5.41) is 11.4. The second-order valence-electron chi connectivity index (χ2n) is 8.87. The fraction of sp³-hybridized carbons (Fsp3) is 0.345. The largest absolute Gasteiger partial charge is 0.466 e. The van der Waals surface area contributed by atoms with Crippen LogP contribution < -0.4 is 16.0 Å². The summed E-state index contributed by atoms with van der Waals surface area (Å²) in [6.45, 7) is 5.64. The van der Waals surface area contributed by atoms with Crippen LogP contribution in [0.25, 0.3) is 33.3 Å². The lowest BCUT2D eigenvalue weighted by Gasteiger charge is -2.13. The molecule has 0 atom stereocenters. The lowest BCUT2D eigenvalue weighted by Crippen LogP contribution is -2.29. The maximum Gasteiger partial charge on any atom is 0.319 e. The highest BCUT2D eigenvalue weighted by Crippen LogP contribution is 2.34. The molecule has 0 fully saturated rings. The third-order valence-electron chi connectivity index (χ3n) is 5.98. The van der Waals surface area contributed by atoms with E-state index in [4.69, 9.17) is 14.1 Å². The van der Waals surface area contributed by atoms with E-state index in [1.807, 2.05) is 42.5 Å². The highest BCUT2D eigenvalue weighted by atomic mass is 16.5. The molecule has 4 rings (SSSR count). The van der Waals surface area contributed by atoms with Gasteiger partial charge in [-0.25, -0.2) is 9.78 Å². The minimum absolute atomic E-state index is 0.173. The van der Waals surface area contributed by atoms with Crippen molar-refractivity contribution in [3.05, 3.63) is 54.6 Å². The number of aromatic nitrogens is 1. The highest BCUT2D eigenvalue weighted by Gasteiger charge is 2.15. The Morgan fingerprint density at radius 1 is 0.946 bits per heavy atom. The zero-order chi connectivity index (χ0) is 26.0. The molecule has 0 aliphatic carbocycles. The van der Waals surface area contributed by atoms with Crippen molar-refractivity contribution in [1.82, 2.24) is 10.3 Å². The minimum atomic E-state index is -0.283. The maximum absolute atomic E-state index is 12.5. The quantitative estimate of drug-likeness (QED) is 0.147. The summed E-state index contributed by atoms with van der Waals surface area (Å²) in [5.41, 5.74) is 3.82. The van der Waals surface area contributed by atoms with Crippen molar-refractivity contribution in [1.29, 1.82) is 0 Å². The van der Waals surface area contributed by atoms with E-state index in [2.05, 4.69) is 35.0 Å². The first-order valence-corrected chi connectivity index (χ1v) is 13.0. The van der Waals surface area contributed by atoms with Crippen molar-refractivity contribution in [2.45, 2.75) is 46.0 Å². The molecule has 3 aromatic carbocycles. The van der Waals surface area contributed by atoms with Crippen molar-refractivity contribution < 1.29 is 18.7 Å². The molecule has 194 valence electrons. The van der Waals surface area contributed by atoms with Crippen LogP contribution >= 0.6 is 0 Å². The molecule has 0 unspecified atom stereocenters. The van der Waals surface area contributed by atoms with E-state index in [9.17, 15) is 9.59 Å². The average molecular weight is 503 g/mol. The Hall–Kier alpha value is -4.07. The zero-order valence-corrected chi connectivity index (χ0v) is 21.4. The number of benzene rings is 3. The number of oxazole rings is 1. The van der Waals surface area contributed by atoms with E-state index in [0.717, 1.165) is 59.8 Å². The number of anilines is 2. The summed E-state index contributed by atoms with van der Waals surface area (Å²) in [6, 6.07) is 17.5. The number of nitrogens with one attached hydrogen (secondary N) is 3. The van der Waals surface area contributed by atoms with E-state index in [1.165, 1.54) is 0 Å². The Bertz CT molecular complexity index is 1310. The third kappa shape index (κ3) is 7.00. The van der Waals surface area contributed by atoms with Crippen LogP contribution in [-0.4, -0.2) is 36.7 Å². The molecule has 8 heteroatoms. The van der Waals surface area contributed by atoms with Gasteiger partial charge in [0.15, 0.2) is 5.58 Å². The fourth-order valence-corrected chi connectivity index (χ4v) is 4.12. The molecule has 0 spiro atoms. The van der Waals surface area contributed by atoms with E-state index >= 15 is 0 Å². The first kappa shape index (κ1) is 26.0. The molecule has 0 radical (unpaired) electrons. The summed E-state index contributed by atoms with van der Waals surface area (Å²) in [6.07, 6.45) is 3.76. The van der Waals surface area contributed by atoms with E-state index in [-0.39, 0.29) is 12.0 Å². The van der Waals surface area contributed by atoms with Gasteiger partial charge in [0.2, 0.25) is 5.89 Å². The van der Waals surface area contributed by atoms with Crippen LogP contribution in [0.2, 0.25) is 0 Å². The van der Waals surface area contributed by atoms with E-state index in [1.54, 1.807) is 6.92 Å². The topological polar surface area (TPSA) is 105 Å². The summed E-state index contributed by atoms with van der Waals surface area (Å²) >= 11 is 0. The van der Waals surface area contributed by atoms with Crippen molar-refractivity contribution in [3.63, 3.8) is 0 Å². The van der Waals surface area contributed by atoms with Crippen LogP contribution in [0, 0.1) is 0 Å². The number of carbonyl (C=O) groups is 2. The number of ether oxygens (including phenoxy) is 1. The van der Waals surface area contributed by atoms with Gasteiger partial charge in [-0.15, -0.1) is 0 Å². The van der Waals surface area contributed by atoms with Gasteiger partial charge in [-0.05, 0) is 67.3 Å². The highest BCUT2D eigenvalue weighted by molar-refractivity contribution is 5.96. The number of hydrogen-bond acceptors (Lipinski definition) is 6. The van der Waals surface area contributed by atoms with Gasteiger partial charge in [0, 0.05) is 30.9 Å². The molecule has 4 aromatic rings. The molecule has 8 nitrogen and oxygen atoms in total. The molecule has 3 N–H and O–H groups in total. The summed E-state index contributed by atoms with van der Waals surface area (Å²) < 4.78 is 11.1. The number of fused-ring (bicyclic) bond motifs is 2. The lowest BCUT2D eigenvalue weighted by atomic mass is 10.1. The Balaban J connectivity index is 1.43. The smallest absolute Gasteiger partial charge is 0.319 e. The predicted molar refractivity (Wildman–Crippen MR) is 148 cm³/mol. The van der Waals surface area contributed by atoms with Crippen molar-refractivity contribution in [2.75, 3.05) is 30.3 Å². The standard InChI is InChI=1S/C29H34N4O4/c1-3-15-30-24-14-13-22(32-29(35)31-16-9-5-6-12-27(34)36-4-2)19-23(24)28-33-25-17-20-10-7-8-11-21(20)18-26(25)37-28/h7-8,10-11,13-14,17-19,30H,3-6,9,12,15-16H2,1-2H3,(H2,31,32,35). The van der Waals surface area contributed by atoms with Crippen LogP contribution in [0.15, 0.2) is 59.0 Å². The molecule has 1 heterocycles. The van der Waals surface area contributed by atoms with Crippen molar-refractivity contribution in [2.24, 2.45) is 0 Å². The SMILES string of the molecule is CCCNc1ccc(NC(=O)NCCCCCC(=O)OCC)cc1-c1nc2cc3ccccc3cc2o1. The van der Waals surface area contributed by atoms with Crippen molar-refractivity contribution >= 4 is 45.2 Å². The number of carbonyl (C=O) groups excluding carboxylic acids is 2. The van der Waals surface area contributed by atoms with Crippen LogP contribution in [0.3, 0.4) is 0 Å². The Morgan fingerprint density at radius 2 is 1.76 bits per heavy atom. The molecule has 0 saturated carbocycles. The van der Waals surface area contributed by atoms with Gasteiger partial charge in [0.25, 0.3) is 0 Å². The molecule has 37 heavy (non-hydrogen) atoms. The molecule has 1 aromatic heterocycles. The van der Waals surface area contributed by atoms with E-state index in [0.29, 0.717) is 36.7 Å². The minimum Gasteiger partial charge on any atom is -0.466 e. The Labute approximate surface area is 216 Å². The molecule has 0 aliphatic rings. The van der Waals surface area contributed by atoms with Crippen LogP contribution in [0.1, 0.15) is 46.0 Å². The van der Waals surface area contributed by atoms with Gasteiger partial charge in [-0.2, -0.15) is 0 Å². The van der Waals surface area contributed by atoms with Crippen LogP contribution in [0.5, 0.6) is 0 Å². The monoisotopic (exact) mass is 502 g/mol. The lowest BCUT2D eigenvalue weighted by molar-refractivity contribution is -0.143. The van der Waals surface area contributed by atoms with Gasteiger partial charge in [-0.3, -0.25) is 4.79 Å². The maximum atomic E-state index is 12.5. The van der Waals surface area contributed by atoms with Gasteiger partial charge in [-0.1, -0.05) is 37.6 Å². The number of amides is 2. The number of unbranched alkanes of at least 4 members (excludes halogenated alkanes) is 2. The number of nitrogens with zero attached hydrogens (tertiary/aromatic N) is 1. The number of rotatable bonds is 12. The van der Waals surface area contributed by atoms with Crippen LogP contribution in [0.4, 0.5) is 16.2 Å². The Morgan fingerprint density at radius 3 is 2.54 bits per heavy atom. The zero-order valence-electron chi connectivity index (χ0n) is 21.4. The molecule has 0 saturated heterocycles. The van der Waals surface area contributed by atoms with Gasteiger partial charge in [0.1, 0.15) is 5.52 Å². The number of hydrogen-bond donors (Lipinski definition) is 3. The summed E-state index contributed by atoms with van der Waals surface area (Å²) in [4.78, 5) is 28.6. The second-order valence-corrected chi connectivity index (χ2v) is 8.87. The number of urea groups is 1. The van der Waals surface area contributed by atoms with E-state index < -0.39 is 0 Å². The van der Waals surface area contributed by atoms with Crippen LogP contribution in [-0.2, 0) is 9.53 Å².